The lowest BCUT2D eigenvalue weighted by Gasteiger charge is -2.55. The van der Waals surface area contributed by atoms with Crippen LogP contribution in [0.5, 0.6) is 0 Å². The molecule has 4 fully saturated rings. The lowest BCUT2D eigenvalue weighted by atomic mass is 9.49. The van der Waals surface area contributed by atoms with Crippen LogP contribution in [-0.4, -0.2) is 15.2 Å². The van der Waals surface area contributed by atoms with Crippen molar-refractivity contribution in [2.75, 3.05) is 0 Å². The van der Waals surface area contributed by atoms with E-state index in [0.717, 1.165) is 23.6 Å². The molecule has 4 aliphatic carbocycles. The van der Waals surface area contributed by atoms with Gasteiger partial charge in [-0.05, 0) is 56.3 Å². The van der Waals surface area contributed by atoms with Crippen molar-refractivity contribution in [3.05, 3.63) is 11.7 Å². The van der Waals surface area contributed by atoms with Crippen molar-refractivity contribution in [1.82, 2.24) is 10.1 Å². The molecule has 4 bridgehead atoms. The molecule has 1 heterocycles. The zero-order valence-corrected chi connectivity index (χ0v) is 9.93. The van der Waals surface area contributed by atoms with E-state index in [1.165, 1.54) is 38.5 Å². The van der Waals surface area contributed by atoms with Gasteiger partial charge in [-0.3, -0.25) is 0 Å². The first-order valence-electron chi connectivity index (χ1n) is 6.71. The molecule has 4 heteroatoms. The summed E-state index contributed by atoms with van der Waals surface area (Å²) in [7, 11) is 0. The molecule has 4 aliphatic rings. The highest BCUT2D eigenvalue weighted by Crippen LogP contribution is 2.60. The molecule has 92 valence electrons. The normalized spacial score (nSPS) is 43.2. The Labute approximate surface area is 100 Å². The molecule has 5 rings (SSSR count). The predicted octanol–water partition coefficient (Wildman–Crippen LogP) is 2.03. The van der Waals surface area contributed by atoms with Gasteiger partial charge in [-0.25, -0.2) is 0 Å². The number of nitrogens with zero attached hydrogens (tertiary/aromatic N) is 2. The van der Waals surface area contributed by atoms with E-state index in [-0.39, 0.29) is 12.0 Å². The maximum absolute atomic E-state index is 9.04. The topological polar surface area (TPSA) is 59.2 Å². The number of aliphatic hydroxyl groups excluding tert-OH is 1. The highest BCUT2D eigenvalue weighted by molar-refractivity contribution is 5.16. The van der Waals surface area contributed by atoms with Crippen LogP contribution in [-0.2, 0) is 12.0 Å². The zero-order valence-electron chi connectivity index (χ0n) is 9.93. The molecule has 17 heavy (non-hydrogen) atoms. The van der Waals surface area contributed by atoms with Crippen LogP contribution in [0.2, 0.25) is 0 Å². The molecular weight excluding hydrogens is 216 g/mol. The van der Waals surface area contributed by atoms with E-state index < -0.39 is 0 Å². The molecule has 0 aliphatic heterocycles. The Morgan fingerprint density at radius 2 is 1.71 bits per heavy atom. The van der Waals surface area contributed by atoms with Gasteiger partial charge in [-0.2, -0.15) is 4.98 Å². The summed E-state index contributed by atoms with van der Waals surface area (Å²) in [6.45, 7) is -0.140. The molecule has 0 aromatic carbocycles. The molecule has 0 atom stereocenters. The van der Waals surface area contributed by atoms with Gasteiger partial charge < -0.3 is 9.63 Å². The Morgan fingerprint density at radius 1 is 1.12 bits per heavy atom. The predicted molar refractivity (Wildman–Crippen MR) is 60.1 cm³/mol. The molecule has 4 saturated carbocycles. The summed E-state index contributed by atoms with van der Waals surface area (Å²) in [5.41, 5.74) is 0.186. The van der Waals surface area contributed by atoms with Crippen molar-refractivity contribution < 1.29 is 9.63 Å². The highest BCUT2D eigenvalue weighted by Gasteiger charge is 2.53. The third-order valence-electron chi connectivity index (χ3n) is 5.12. The van der Waals surface area contributed by atoms with Crippen molar-refractivity contribution in [3.8, 4) is 0 Å². The van der Waals surface area contributed by atoms with Gasteiger partial charge in [0.2, 0.25) is 0 Å². The van der Waals surface area contributed by atoms with Crippen LogP contribution in [0.1, 0.15) is 50.2 Å². The fourth-order valence-electron chi connectivity index (χ4n) is 4.92. The fraction of sp³-hybridized carbons (Fsp3) is 0.846. The first-order valence-corrected chi connectivity index (χ1v) is 6.71. The van der Waals surface area contributed by atoms with Gasteiger partial charge >= 0.3 is 0 Å². The summed E-state index contributed by atoms with van der Waals surface area (Å²) < 4.78 is 5.09. The summed E-state index contributed by atoms with van der Waals surface area (Å²) >= 11 is 0. The van der Waals surface area contributed by atoms with Crippen LogP contribution in [0.15, 0.2) is 4.52 Å². The number of hydrogen-bond donors (Lipinski definition) is 1. The van der Waals surface area contributed by atoms with Crippen molar-refractivity contribution in [1.29, 1.82) is 0 Å². The average molecular weight is 234 g/mol. The summed E-state index contributed by atoms with van der Waals surface area (Å²) in [5.74, 6) is 3.91. The number of aliphatic hydroxyl groups is 1. The second-order valence-corrected chi connectivity index (χ2v) is 6.37. The zero-order chi connectivity index (χ0) is 11.5. The Balaban J connectivity index is 1.72. The van der Waals surface area contributed by atoms with E-state index in [1.807, 2.05) is 0 Å². The van der Waals surface area contributed by atoms with Crippen molar-refractivity contribution in [2.45, 2.75) is 50.5 Å². The minimum Gasteiger partial charge on any atom is -0.387 e. The quantitative estimate of drug-likeness (QED) is 0.850. The van der Waals surface area contributed by atoms with Crippen LogP contribution in [0.4, 0.5) is 0 Å². The SMILES string of the molecule is OCc1nc(C23CC4CC(CC(C4)C2)C3)no1. The summed E-state index contributed by atoms with van der Waals surface area (Å²) in [6, 6.07) is 0. The van der Waals surface area contributed by atoms with Crippen molar-refractivity contribution in [3.63, 3.8) is 0 Å². The van der Waals surface area contributed by atoms with Gasteiger partial charge in [0, 0.05) is 5.41 Å². The number of aromatic nitrogens is 2. The first-order chi connectivity index (χ1) is 8.27. The molecule has 1 N–H and O–H groups in total. The van der Waals surface area contributed by atoms with Gasteiger partial charge in [-0.1, -0.05) is 5.16 Å². The van der Waals surface area contributed by atoms with E-state index in [0.29, 0.717) is 5.89 Å². The standard InChI is InChI=1S/C13H18N2O2/c16-7-11-14-12(15-17-11)13-4-8-1-9(5-13)3-10(2-8)6-13/h8-10,16H,1-7H2. The van der Waals surface area contributed by atoms with Crippen LogP contribution in [0.25, 0.3) is 0 Å². The van der Waals surface area contributed by atoms with Gasteiger partial charge in [-0.15, -0.1) is 0 Å². The average Bonchev–Trinajstić information content (AvgIpc) is 2.76. The third kappa shape index (κ3) is 1.39. The molecule has 0 saturated heterocycles. The number of rotatable bonds is 2. The minimum atomic E-state index is -0.140. The van der Waals surface area contributed by atoms with E-state index in [4.69, 9.17) is 9.63 Å². The maximum atomic E-state index is 9.04. The largest absolute Gasteiger partial charge is 0.387 e. The van der Waals surface area contributed by atoms with Gasteiger partial charge in [0.15, 0.2) is 5.82 Å². The molecule has 1 aromatic heterocycles. The highest BCUT2D eigenvalue weighted by atomic mass is 16.5. The smallest absolute Gasteiger partial charge is 0.252 e. The van der Waals surface area contributed by atoms with Gasteiger partial charge in [0.05, 0.1) is 0 Å². The Kier molecular flexibility index (Phi) is 1.96. The molecule has 0 spiro atoms. The Morgan fingerprint density at radius 3 is 2.18 bits per heavy atom. The molecule has 0 radical (unpaired) electrons. The molecule has 1 aromatic rings. The van der Waals surface area contributed by atoms with Gasteiger partial charge in [0.25, 0.3) is 5.89 Å². The minimum absolute atomic E-state index is 0.140. The van der Waals surface area contributed by atoms with E-state index in [1.54, 1.807) is 0 Å². The Bertz CT molecular complexity index is 405. The monoisotopic (exact) mass is 234 g/mol. The van der Waals surface area contributed by atoms with E-state index in [2.05, 4.69) is 10.1 Å². The molecule has 0 unspecified atom stereocenters. The van der Waals surface area contributed by atoms with Crippen molar-refractivity contribution >= 4 is 0 Å². The van der Waals surface area contributed by atoms with Crippen molar-refractivity contribution in [2.24, 2.45) is 17.8 Å². The number of hydrogen-bond acceptors (Lipinski definition) is 4. The van der Waals surface area contributed by atoms with Crippen LogP contribution >= 0.6 is 0 Å². The lowest BCUT2D eigenvalue weighted by molar-refractivity contribution is -0.0103. The fourth-order valence-corrected chi connectivity index (χ4v) is 4.92. The second-order valence-electron chi connectivity index (χ2n) is 6.37. The first kappa shape index (κ1) is 10.1. The van der Waals surface area contributed by atoms with Crippen LogP contribution < -0.4 is 0 Å². The van der Waals surface area contributed by atoms with Gasteiger partial charge in [0.1, 0.15) is 6.61 Å². The second kappa shape index (κ2) is 3.31. The van der Waals surface area contributed by atoms with Crippen LogP contribution in [0.3, 0.4) is 0 Å². The molecular formula is C13H18N2O2. The summed E-state index contributed by atoms with van der Waals surface area (Å²) in [5, 5.41) is 13.2. The third-order valence-corrected chi connectivity index (χ3v) is 5.12. The maximum Gasteiger partial charge on any atom is 0.252 e. The molecule has 0 amide bonds. The van der Waals surface area contributed by atoms with E-state index >= 15 is 0 Å². The van der Waals surface area contributed by atoms with Crippen LogP contribution in [0, 0.1) is 17.8 Å². The summed E-state index contributed by atoms with van der Waals surface area (Å²) in [6.07, 6.45) is 7.98. The lowest BCUT2D eigenvalue weighted by Crippen LogP contribution is -2.49. The Hall–Kier alpha value is -0.900. The van der Waals surface area contributed by atoms with E-state index in [9.17, 15) is 0 Å². The molecule has 4 nitrogen and oxygen atoms in total. The summed E-state index contributed by atoms with van der Waals surface area (Å²) in [4.78, 5) is 4.39.